The van der Waals surface area contributed by atoms with Gasteiger partial charge in [0.15, 0.2) is 0 Å². The van der Waals surface area contributed by atoms with Crippen LogP contribution in [0.15, 0.2) is 29.2 Å². The minimum atomic E-state index is -3.61. The molecule has 2 N–H and O–H groups in total. The molecule has 18 heteroatoms. The normalized spacial score (nSPS) is 26.8. The number of amides is 4. The summed E-state index contributed by atoms with van der Waals surface area (Å²) in [6.45, 7) is 5.13. The van der Waals surface area contributed by atoms with Gasteiger partial charge in [0.05, 0.1) is 16.4 Å². The van der Waals surface area contributed by atoms with Crippen molar-refractivity contribution in [2.45, 2.75) is 114 Å². The highest BCUT2D eigenvalue weighted by Crippen LogP contribution is 2.58. The number of nitrogens with zero attached hydrogens (tertiary/aromatic N) is 8. The molecule has 2 aliphatic carbocycles. The summed E-state index contributed by atoms with van der Waals surface area (Å²) in [5, 5.41) is 5.80. The Kier molecular flexibility index (Phi) is 9.51. The standard InChI is InChI=1S/C42H54N10O7S/c1-26-4-3-5-30(26)52-36-29(42(14-15-42)38(52)56)23-43-39(46-36)44-28-12-18-49(19-13-28)60(58,59)50-24-41(25-50)16-20-48(21-17-41)35(54)11-7-27-6-8-31-33(22-27)47(2)40(57)51(31)32-9-10-34(53)45-37(32)55/h6,8,22-23,26,28,30,32H,3-5,7,9-21,24-25H2,1-2H3,(H,43,44,46)(H,45,53,55). The van der Waals surface area contributed by atoms with Gasteiger partial charge in [-0.05, 0) is 87.8 Å². The molecule has 3 atom stereocenters. The summed E-state index contributed by atoms with van der Waals surface area (Å²) in [6, 6.07) is 5.02. The second-order valence-corrected chi connectivity index (χ2v) is 20.6. The number of anilines is 2. The van der Waals surface area contributed by atoms with Gasteiger partial charge in [0.1, 0.15) is 11.9 Å². The van der Waals surface area contributed by atoms with E-state index in [1.54, 1.807) is 15.7 Å². The molecule has 3 aromatic rings. The SMILES string of the molecule is CC1CCCC1N1C(=O)C2(CC2)c2cnc(NC3CCN(S(=O)(=O)N4CC5(CCN(C(=O)CCc6ccc7c(c6)n(C)c(=O)n7C6CCC(=O)NC6=O)CC5)C4)CC3)nc21. The first kappa shape index (κ1) is 39.5. The Morgan fingerprint density at radius 1 is 0.933 bits per heavy atom. The molecule has 1 aromatic carbocycles. The number of fused-ring (bicyclic) bond motifs is 3. The molecule has 2 saturated carbocycles. The molecule has 60 heavy (non-hydrogen) atoms. The van der Waals surface area contributed by atoms with Gasteiger partial charge in [-0.2, -0.15) is 22.0 Å². The van der Waals surface area contributed by atoms with Crippen LogP contribution in [0.4, 0.5) is 11.8 Å². The Morgan fingerprint density at radius 3 is 2.37 bits per heavy atom. The van der Waals surface area contributed by atoms with Crippen molar-refractivity contribution in [1.82, 2.24) is 37.9 Å². The van der Waals surface area contributed by atoms with Gasteiger partial charge in [-0.1, -0.05) is 19.4 Å². The minimum Gasteiger partial charge on any atom is -0.351 e. The maximum Gasteiger partial charge on any atom is 0.329 e. The number of piperidine rings is 3. The first-order valence-electron chi connectivity index (χ1n) is 21.8. The van der Waals surface area contributed by atoms with Gasteiger partial charge in [0.2, 0.25) is 29.6 Å². The van der Waals surface area contributed by atoms with Gasteiger partial charge in [-0.3, -0.25) is 38.5 Å². The molecule has 7 heterocycles. The van der Waals surface area contributed by atoms with Crippen LogP contribution in [0.5, 0.6) is 0 Å². The Labute approximate surface area is 349 Å². The van der Waals surface area contributed by atoms with E-state index in [1.165, 1.54) is 9.13 Å². The van der Waals surface area contributed by atoms with E-state index in [0.717, 1.165) is 61.9 Å². The number of benzene rings is 1. The lowest BCUT2D eigenvalue weighted by Gasteiger charge is -2.54. The zero-order valence-corrected chi connectivity index (χ0v) is 35.2. The number of aromatic nitrogens is 4. The molecule has 4 amide bonds. The fraction of sp³-hybridized carbons (Fsp3) is 0.643. The van der Waals surface area contributed by atoms with E-state index in [0.29, 0.717) is 87.9 Å². The topological polar surface area (TPSA) is 192 Å². The van der Waals surface area contributed by atoms with Crippen molar-refractivity contribution in [2.75, 3.05) is 49.5 Å². The number of likely N-dealkylation sites (tertiary alicyclic amines) is 1. The summed E-state index contributed by atoms with van der Waals surface area (Å²) in [4.78, 5) is 77.8. The molecule has 2 spiro atoms. The maximum atomic E-state index is 13.7. The summed E-state index contributed by atoms with van der Waals surface area (Å²) < 4.78 is 33.6. The third-order valence-corrected chi connectivity index (χ3v) is 16.9. The molecule has 0 radical (unpaired) electrons. The lowest BCUT2D eigenvalue weighted by Crippen LogP contribution is -2.64. The van der Waals surface area contributed by atoms with Crippen molar-refractivity contribution >= 4 is 56.6 Å². The van der Waals surface area contributed by atoms with Crippen molar-refractivity contribution in [1.29, 1.82) is 0 Å². The molecule has 3 unspecified atom stereocenters. The number of hydrogen-bond donors (Lipinski definition) is 2. The third-order valence-electron chi connectivity index (χ3n) is 15.0. The lowest BCUT2D eigenvalue weighted by molar-refractivity contribution is -0.136. The molecule has 17 nitrogen and oxygen atoms in total. The average Bonchev–Trinajstić information content (AvgIpc) is 3.80. The number of carbonyl (C=O) groups excluding carboxylic acids is 4. The molecule has 0 bridgehead atoms. The summed E-state index contributed by atoms with van der Waals surface area (Å²) >= 11 is 0. The van der Waals surface area contributed by atoms with Crippen molar-refractivity contribution in [3.8, 4) is 0 Å². The van der Waals surface area contributed by atoms with E-state index in [2.05, 4.69) is 22.5 Å². The van der Waals surface area contributed by atoms with Crippen molar-refractivity contribution in [3.05, 3.63) is 46.0 Å². The van der Waals surface area contributed by atoms with Crippen LogP contribution in [0.25, 0.3) is 11.0 Å². The van der Waals surface area contributed by atoms with E-state index in [1.807, 2.05) is 34.2 Å². The van der Waals surface area contributed by atoms with Crippen molar-refractivity contribution in [2.24, 2.45) is 18.4 Å². The van der Waals surface area contributed by atoms with Crippen molar-refractivity contribution < 1.29 is 27.6 Å². The summed E-state index contributed by atoms with van der Waals surface area (Å²) in [5.74, 6) is 1.13. The largest absolute Gasteiger partial charge is 0.351 e. The molecule has 10 rings (SSSR count). The first-order valence-corrected chi connectivity index (χ1v) is 23.2. The zero-order chi connectivity index (χ0) is 41.7. The quantitative estimate of drug-likeness (QED) is 0.303. The van der Waals surface area contributed by atoms with Gasteiger partial charge in [-0.25, -0.2) is 9.78 Å². The van der Waals surface area contributed by atoms with Gasteiger partial charge >= 0.3 is 5.69 Å². The summed E-state index contributed by atoms with van der Waals surface area (Å²) in [7, 11) is -1.96. The highest BCUT2D eigenvalue weighted by Gasteiger charge is 2.62. The van der Waals surface area contributed by atoms with Gasteiger partial charge in [0.25, 0.3) is 10.2 Å². The summed E-state index contributed by atoms with van der Waals surface area (Å²) in [5.41, 5.74) is 2.26. The van der Waals surface area contributed by atoms with Crippen LogP contribution >= 0.6 is 0 Å². The van der Waals surface area contributed by atoms with E-state index < -0.39 is 27.6 Å². The first-order chi connectivity index (χ1) is 28.8. The maximum absolute atomic E-state index is 13.7. The van der Waals surface area contributed by atoms with Crippen LogP contribution in [-0.4, -0.2) is 116 Å². The fourth-order valence-corrected chi connectivity index (χ4v) is 12.9. The molecule has 4 saturated heterocycles. The number of imidazole rings is 1. The van der Waals surface area contributed by atoms with Gasteiger partial charge in [0, 0.05) is 88.4 Å². The smallest absolute Gasteiger partial charge is 0.329 e. The van der Waals surface area contributed by atoms with Crippen LogP contribution in [0.3, 0.4) is 0 Å². The van der Waals surface area contributed by atoms with E-state index in [-0.39, 0.29) is 53.8 Å². The van der Waals surface area contributed by atoms with E-state index in [9.17, 15) is 32.4 Å². The van der Waals surface area contributed by atoms with Crippen LogP contribution in [-0.2, 0) is 48.3 Å². The fourth-order valence-electron chi connectivity index (χ4n) is 11.0. The van der Waals surface area contributed by atoms with Crippen LogP contribution in [0.1, 0.15) is 101 Å². The Morgan fingerprint density at radius 2 is 1.68 bits per heavy atom. The van der Waals surface area contributed by atoms with Crippen LogP contribution in [0, 0.1) is 11.3 Å². The molecule has 6 fully saturated rings. The molecular weight excluding hydrogens is 789 g/mol. The highest BCUT2D eigenvalue weighted by atomic mass is 32.2. The van der Waals surface area contributed by atoms with Crippen molar-refractivity contribution in [3.63, 3.8) is 0 Å². The van der Waals surface area contributed by atoms with Gasteiger partial charge < -0.3 is 10.2 Å². The Balaban J connectivity index is 0.695. The van der Waals surface area contributed by atoms with Gasteiger partial charge in [-0.15, -0.1) is 0 Å². The third kappa shape index (κ3) is 6.46. The molecule has 2 aromatic heterocycles. The number of imide groups is 1. The lowest BCUT2D eigenvalue weighted by atomic mass is 9.73. The van der Waals surface area contributed by atoms with Crippen LogP contribution in [0.2, 0.25) is 0 Å². The average molecular weight is 843 g/mol. The predicted molar refractivity (Wildman–Crippen MR) is 221 cm³/mol. The Bertz CT molecular complexity index is 2450. The summed E-state index contributed by atoms with van der Waals surface area (Å²) in [6.07, 6.45) is 10.8. The number of hydrogen-bond acceptors (Lipinski definition) is 10. The monoisotopic (exact) mass is 842 g/mol. The minimum absolute atomic E-state index is 0.0218. The zero-order valence-electron chi connectivity index (χ0n) is 34.4. The highest BCUT2D eigenvalue weighted by molar-refractivity contribution is 7.86. The number of rotatable bonds is 9. The number of nitrogens with one attached hydrogen (secondary N) is 2. The Hall–Kier alpha value is -4.68. The second-order valence-electron chi connectivity index (χ2n) is 18.6. The number of carbonyl (C=O) groups is 4. The predicted octanol–water partition coefficient (Wildman–Crippen LogP) is 2.35. The molecule has 5 aliphatic heterocycles. The second kappa shape index (κ2) is 14.5. The molecule has 7 aliphatic rings. The number of aryl methyl sites for hydroxylation is 2. The van der Waals surface area contributed by atoms with Crippen LogP contribution < -0.4 is 21.2 Å². The van der Waals surface area contributed by atoms with E-state index >= 15 is 0 Å². The molecule has 320 valence electrons. The van der Waals surface area contributed by atoms with E-state index in [4.69, 9.17) is 4.98 Å². The molecular formula is C42H54N10O7S.